The second kappa shape index (κ2) is 6.43. The minimum atomic E-state index is -2.23. The highest BCUT2D eigenvalue weighted by Crippen LogP contribution is 2.37. The van der Waals surface area contributed by atoms with E-state index in [1.54, 1.807) is 31.2 Å². The second-order valence-electron chi connectivity index (χ2n) is 6.42. The minimum absolute atomic E-state index is 0.0818. The molecule has 1 rings (SSSR count). The molecule has 1 aromatic carbocycles. The fourth-order valence-corrected chi connectivity index (χ4v) is 2.37. The fraction of sp³-hybridized carbons (Fsp3) is 0.500. The third-order valence-electron chi connectivity index (χ3n) is 3.80. The fourth-order valence-electron chi connectivity index (χ4n) is 1.49. The largest absolute Gasteiger partial charge is 0.516 e. The number of ether oxygens (including phenoxy) is 1. The van der Waals surface area contributed by atoms with Crippen LogP contribution in [0.25, 0.3) is 0 Å². The number of carbonyl (C=O) groups is 2. The summed E-state index contributed by atoms with van der Waals surface area (Å²) in [4.78, 5) is 24.4. The van der Waals surface area contributed by atoms with Crippen LogP contribution in [0.2, 0.25) is 18.1 Å². The Labute approximate surface area is 127 Å². The number of rotatable bonds is 4. The highest BCUT2D eigenvalue weighted by atomic mass is 28.4. The Hall–Kier alpha value is -1.62. The van der Waals surface area contributed by atoms with Crippen molar-refractivity contribution in [2.24, 2.45) is 0 Å². The molecule has 0 spiro atoms. The lowest BCUT2D eigenvalue weighted by Gasteiger charge is -2.35. The van der Waals surface area contributed by atoms with Crippen molar-refractivity contribution in [3.63, 3.8) is 0 Å². The molecule has 0 radical (unpaired) electrons. The molecule has 0 aliphatic heterocycles. The molecule has 0 aliphatic rings. The van der Waals surface area contributed by atoms with E-state index in [1.807, 2.05) is 13.1 Å². The highest BCUT2D eigenvalue weighted by molar-refractivity contribution is 6.75. The molecular weight excluding hydrogens is 284 g/mol. The highest BCUT2D eigenvalue weighted by Gasteiger charge is 2.41. The van der Waals surface area contributed by atoms with Crippen LogP contribution in [0.3, 0.4) is 0 Å². The Morgan fingerprint density at radius 1 is 1.05 bits per heavy atom. The summed E-state index contributed by atoms with van der Waals surface area (Å²) in [6, 6.07) is 6.60. The SMILES string of the molecule is CCOC(=O)c1ccccc1C(=O)O[Si](C)(C)C(C)(C)C. The summed E-state index contributed by atoms with van der Waals surface area (Å²) in [5, 5.41) is -0.0818. The van der Waals surface area contributed by atoms with Crippen LogP contribution in [0.15, 0.2) is 24.3 Å². The quantitative estimate of drug-likeness (QED) is 0.622. The van der Waals surface area contributed by atoms with E-state index in [1.165, 1.54) is 0 Å². The van der Waals surface area contributed by atoms with Crippen LogP contribution in [-0.4, -0.2) is 26.9 Å². The molecule has 0 saturated carbocycles. The van der Waals surface area contributed by atoms with Crippen molar-refractivity contribution in [2.75, 3.05) is 6.61 Å². The topological polar surface area (TPSA) is 52.6 Å². The average molecular weight is 308 g/mol. The number of hydrogen-bond donors (Lipinski definition) is 0. The molecule has 0 N–H and O–H groups in total. The molecule has 0 saturated heterocycles. The molecule has 1 aromatic rings. The van der Waals surface area contributed by atoms with Gasteiger partial charge in [-0.2, -0.15) is 0 Å². The van der Waals surface area contributed by atoms with E-state index < -0.39 is 20.3 Å². The normalized spacial score (nSPS) is 11.9. The van der Waals surface area contributed by atoms with Gasteiger partial charge in [0.25, 0.3) is 8.32 Å². The van der Waals surface area contributed by atoms with Crippen LogP contribution in [0.4, 0.5) is 0 Å². The molecule has 0 aliphatic carbocycles. The monoisotopic (exact) mass is 308 g/mol. The van der Waals surface area contributed by atoms with Crippen molar-refractivity contribution in [1.29, 1.82) is 0 Å². The van der Waals surface area contributed by atoms with E-state index in [0.717, 1.165) is 0 Å². The Balaban J connectivity index is 3.07. The van der Waals surface area contributed by atoms with Crippen LogP contribution in [0.5, 0.6) is 0 Å². The molecular formula is C16H24O4Si. The first-order valence-electron chi connectivity index (χ1n) is 7.09. The molecule has 116 valence electrons. The maximum absolute atomic E-state index is 12.4. The van der Waals surface area contributed by atoms with Crippen molar-refractivity contribution < 1.29 is 18.8 Å². The van der Waals surface area contributed by atoms with Crippen LogP contribution in [0.1, 0.15) is 48.4 Å². The first kappa shape index (κ1) is 17.4. The van der Waals surface area contributed by atoms with Crippen molar-refractivity contribution >= 4 is 20.3 Å². The van der Waals surface area contributed by atoms with Gasteiger partial charge in [0.2, 0.25) is 0 Å². The van der Waals surface area contributed by atoms with Crippen molar-refractivity contribution in [2.45, 2.75) is 45.8 Å². The summed E-state index contributed by atoms with van der Waals surface area (Å²) >= 11 is 0. The van der Waals surface area contributed by atoms with Gasteiger partial charge in [0, 0.05) is 0 Å². The second-order valence-corrected chi connectivity index (χ2v) is 11.1. The Bertz CT molecular complexity index is 529. The number of benzene rings is 1. The minimum Gasteiger partial charge on any atom is -0.516 e. The lowest BCUT2D eigenvalue weighted by atomic mass is 10.1. The molecule has 0 bridgehead atoms. The van der Waals surface area contributed by atoms with Crippen LogP contribution in [0, 0.1) is 0 Å². The third kappa shape index (κ3) is 4.17. The summed E-state index contributed by atoms with van der Waals surface area (Å²) in [5.41, 5.74) is 0.517. The standard InChI is InChI=1S/C16H24O4Si/c1-7-19-14(17)12-10-8-9-11-13(12)15(18)20-21(5,6)16(2,3)4/h8-11H,7H2,1-6H3. The predicted octanol–water partition coefficient (Wildman–Crippen LogP) is 4.03. The molecule has 0 fully saturated rings. The summed E-state index contributed by atoms with van der Waals surface area (Å²) < 4.78 is 10.7. The predicted molar refractivity (Wildman–Crippen MR) is 85.0 cm³/mol. The first-order valence-corrected chi connectivity index (χ1v) is 10.0. The van der Waals surface area contributed by atoms with Gasteiger partial charge in [0.15, 0.2) is 0 Å². The van der Waals surface area contributed by atoms with Gasteiger partial charge in [0.1, 0.15) is 0 Å². The van der Waals surface area contributed by atoms with E-state index in [4.69, 9.17) is 9.16 Å². The smallest absolute Gasteiger partial charge is 0.338 e. The van der Waals surface area contributed by atoms with E-state index in [9.17, 15) is 9.59 Å². The van der Waals surface area contributed by atoms with Gasteiger partial charge in [0.05, 0.1) is 17.7 Å². The van der Waals surface area contributed by atoms with Gasteiger partial charge in [-0.25, -0.2) is 9.59 Å². The van der Waals surface area contributed by atoms with Gasteiger partial charge in [-0.3, -0.25) is 0 Å². The Morgan fingerprint density at radius 2 is 1.52 bits per heavy atom. The van der Waals surface area contributed by atoms with E-state index in [-0.39, 0.29) is 22.8 Å². The van der Waals surface area contributed by atoms with E-state index in [2.05, 4.69) is 20.8 Å². The van der Waals surface area contributed by atoms with Crippen molar-refractivity contribution in [1.82, 2.24) is 0 Å². The molecule has 0 aromatic heterocycles. The van der Waals surface area contributed by atoms with Crippen LogP contribution >= 0.6 is 0 Å². The van der Waals surface area contributed by atoms with Crippen LogP contribution in [-0.2, 0) is 9.16 Å². The maximum Gasteiger partial charge on any atom is 0.338 e. The summed E-state index contributed by atoms with van der Waals surface area (Å²) in [6.07, 6.45) is 0. The first-order chi connectivity index (χ1) is 9.60. The van der Waals surface area contributed by atoms with Crippen LogP contribution < -0.4 is 0 Å². The van der Waals surface area contributed by atoms with Gasteiger partial charge >= 0.3 is 11.9 Å². The number of carbonyl (C=O) groups excluding carboxylic acids is 2. The van der Waals surface area contributed by atoms with Gasteiger partial charge in [-0.05, 0) is 37.2 Å². The Kier molecular flexibility index (Phi) is 5.34. The summed E-state index contributed by atoms with van der Waals surface area (Å²) in [5.74, 6) is -0.953. The zero-order valence-electron chi connectivity index (χ0n) is 13.6. The summed E-state index contributed by atoms with van der Waals surface area (Å²) in [7, 11) is -2.23. The maximum atomic E-state index is 12.4. The molecule has 0 heterocycles. The lowest BCUT2D eigenvalue weighted by molar-refractivity contribution is 0.0516. The summed E-state index contributed by atoms with van der Waals surface area (Å²) in [6.45, 7) is 12.2. The van der Waals surface area contributed by atoms with Crippen molar-refractivity contribution in [3.8, 4) is 0 Å². The molecule has 5 heteroatoms. The number of esters is 1. The lowest BCUT2D eigenvalue weighted by Crippen LogP contribution is -2.42. The molecule has 0 unspecified atom stereocenters. The van der Waals surface area contributed by atoms with Gasteiger partial charge in [-0.15, -0.1) is 0 Å². The zero-order chi connectivity index (χ0) is 16.3. The Morgan fingerprint density at radius 3 is 1.95 bits per heavy atom. The van der Waals surface area contributed by atoms with Gasteiger partial charge in [-0.1, -0.05) is 32.9 Å². The third-order valence-corrected chi connectivity index (χ3v) is 8.10. The molecule has 0 atom stereocenters. The zero-order valence-corrected chi connectivity index (χ0v) is 14.6. The van der Waals surface area contributed by atoms with E-state index >= 15 is 0 Å². The molecule has 4 nitrogen and oxygen atoms in total. The molecule has 21 heavy (non-hydrogen) atoms. The average Bonchev–Trinajstić information content (AvgIpc) is 2.37. The van der Waals surface area contributed by atoms with E-state index in [0.29, 0.717) is 0 Å². The molecule has 0 amide bonds. The van der Waals surface area contributed by atoms with Gasteiger partial charge < -0.3 is 9.16 Å². The number of hydrogen-bond acceptors (Lipinski definition) is 4. The van der Waals surface area contributed by atoms with Crippen molar-refractivity contribution in [3.05, 3.63) is 35.4 Å².